The Morgan fingerprint density at radius 1 is 1.02 bits per heavy atom. The van der Waals surface area contributed by atoms with Crippen molar-refractivity contribution < 1.29 is 9.18 Å². The Labute approximate surface area is 253 Å². The van der Waals surface area contributed by atoms with E-state index in [2.05, 4.69) is 45.7 Å². The van der Waals surface area contributed by atoms with Gasteiger partial charge in [0.1, 0.15) is 11.5 Å². The van der Waals surface area contributed by atoms with Crippen molar-refractivity contribution >= 4 is 39.3 Å². The fourth-order valence-electron chi connectivity index (χ4n) is 5.02. The fourth-order valence-corrected chi connectivity index (χ4v) is 5.02. The van der Waals surface area contributed by atoms with Crippen LogP contribution in [0.15, 0.2) is 61.2 Å². The molecule has 5 heterocycles. The van der Waals surface area contributed by atoms with Gasteiger partial charge in [0.2, 0.25) is 5.91 Å². The molecule has 1 aromatic carbocycles. The average molecular weight is 593 g/mol. The molecule has 0 aliphatic rings. The van der Waals surface area contributed by atoms with Crippen molar-refractivity contribution in [3.63, 3.8) is 0 Å². The van der Waals surface area contributed by atoms with E-state index in [0.717, 1.165) is 28.6 Å². The first kappa shape index (κ1) is 28.9. The molecular formula is C32H33FN10O. The van der Waals surface area contributed by atoms with Crippen LogP contribution in [-0.2, 0) is 4.79 Å². The summed E-state index contributed by atoms with van der Waals surface area (Å²) in [5.74, 6) is 0.362. The van der Waals surface area contributed by atoms with Crippen LogP contribution in [0.1, 0.15) is 20.3 Å². The summed E-state index contributed by atoms with van der Waals surface area (Å²) >= 11 is 0. The Hall–Kier alpha value is -5.23. The number of nitrogens with zero attached hydrogens (tertiary/aromatic N) is 6. The highest BCUT2D eigenvalue weighted by Crippen LogP contribution is 2.33. The minimum atomic E-state index is -0.337. The maximum Gasteiger partial charge on any atom is 0.224 e. The molecule has 44 heavy (non-hydrogen) atoms. The lowest BCUT2D eigenvalue weighted by Crippen LogP contribution is -2.20. The molecule has 0 spiro atoms. The third-order valence-electron chi connectivity index (χ3n) is 7.07. The summed E-state index contributed by atoms with van der Waals surface area (Å²) in [4.78, 5) is 35.8. The van der Waals surface area contributed by atoms with Crippen molar-refractivity contribution in [2.75, 3.05) is 37.8 Å². The van der Waals surface area contributed by atoms with Gasteiger partial charge in [-0.05, 0) is 62.0 Å². The number of rotatable bonds is 10. The Balaban J connectivity index is 1.33. The molecule has 12 heteroatoms. The largest absolute Gasteiger partial charge is 0.384 e. The number of H-pyrrole nitrogens is 2. The summed E-state index contributed by atoms with van der Waals surface area (Å²) in [6, 6.07) is 10.5. The maximum absolute atomic E-state index is 14.7. The Morgan fingerprint density at radius 3 is 2.68 bits per heavy atom. The first-order chi connectivity index (χ1) is 21.2. The lowest BCUT2D eigenvalue weighted by molar-refractivity contribution is -0.116. The van der Waals surface area contributed by atoms with Gasteiger partial charge < -0.3 is 20.5 Å². The van der Waals surface area contributed by atoms with E-state index in [-0.39, 0.29) is 17.6 Å². The highest BCUT2D eigenvalue weighted by molar-refractivity contribution is 5.97. The number of anilines is 2. The molecule has 0 radical (unpaired) electrons. The van der Waals surface area contributed by atoms with E-state index < -0.39 is 0 Å². The summed E-state index contributed by atoms with van der Waals surface area (Å²) in [6.45, 7) is 5.50. The monoisotopic (exact) mass is 592 g/mol. The van der Waals surface area contributed by atoms with E-state index in [1.54, 1.807) is 24.8 Å². The van der Waals surface area contributed by atoms with Gasteiger partial charge in [0.05, 0.1) is 34.8 Å². The molecule has 6 rings (SSSR count). The number of aromatic nitrogens is 7. The number of amides is 1. The van der Waals surface area contributed by atoms with Crippen LogP contribution >= 0.6 is 0 Å². The first-order valence-electron chi connectivity index (χ1n) is 14.4. The quantitative estimate of drug-likeness (QED) is 0.158. The molecule has 0 saturated heterocycles. The normalized spacial score (nSPS) is 11.6. The molecule has 1 amide bonds. The minimum absolute atomic E-state index is 0.0626. The van der Waals surface area contributed by atoms with Crippen molar-refractivity contribution in [2.24, 2.45) is 5.92 Å². The van der Waals surface area contributed by atoms with Crippen molar-refractivity contribution in [3.05, 3.63) is 67.0 Å². The second-order valence-corrected chi connectivity index (χ2v) is 11.4. The van der Waals surface area contributed by atoms with Crippen molar-refractivity contribution in [1.29, 1.82) is 0 Å². The third-order valence-corrected chi connectivity index (χ3v) is 7.07. The second kappa shape index (κ2) is 12.2. The van der Waals surface area contributed by atoms with Crippen LogP contribution in [0.3, 0.4) is 0 Å². The molecule has 0 bridgehead atoms. The number of hydrogen-bond acceptors (Lipinski definition) is 8. The lowest BCUT2D eigenvalue weighted by atomic mass is 10.0. The van der Waals surface area contributed by atoms with Crippen LogP contribution in [0.2, 0.25) is 0 Å². The number of imidazole rings is 1. The Kier molecular flexibility index (Phi) is 7.99. The lowest BCUT2D eigenvalue weighted by Gasteiger charge is -2.13. The second-order valence-electron chi connectivity index (χ2n) is 11.4. The zero-order valence-corrected chi connectivity index (χ0v) is 24.9. The number of benzene rings is 1. The predicted octanol–water partition coefficient (Wildman–Crippen LogP) is 5.72. The number of fused-ring (bicyclic) bond motifs is 2. The van der Waals surface area contributed by atoms with Gasteiger partial charge in [-0.15, -0.1) is 0 Å². The van der Waals surface area contributed by atoms with E-state index in [1.807, 2.05) is 52.2 Å². The molecule has 0 fully saturated rings. The van der Waals surface area contributed by atoms with Crippen LogP contribution in [0.25, 0.3) is 56.0 Å². The smallest absolute Gasteiger partial charge is 0.224 e. The first-order valence-corrected chi connectivity index (χ1v) is 14.4. The number of halogens is 1. The van der Waals surface area contributed by atoms with Gasteiger partial charge in [0, 0.05) is 54.1 Å². The van der Waals surface area contributed by atoms with Gasteiger partial charge in [-0.25, -0.2) is 14.4 Å². The number of carbonyl (C=O) groups is 1. The standard InChI is InChI=1S/C32H33FN10O/c1-18(2)9-28(44)38-23-12-20(15-34-16-23)26-14-25-27(17-37-26)41-42-30(25)32-39-29-24(5-6-36-31(29)40-32)19-10-21(33)13-22(11-19)35-7-8-43(3)4/h5-6,10-18,35H,7-9H2,1-4H3,(H,38,44)(H,41,42)(H,36,39,40). The summed E-state index contributed by atoms with van der Waals surface area (Å²) < 4.78 is 14.7. The number of pyridine rings is 3. The van der Waals surface area contributed by atoms with Crippen LogP contribution < -0.4 is 10.6 Å². The molecule has 5 aromatic heterocycles. The molecule has 0 saturated carbocycles. The van der Waals surface area contributed by atoms with Crippen LogP contribution in [0.5, 0.6) is 0 Å². The van der Waals surface area contributed by atoms with Gasteiger partial charge in [-0.1, -0.05) is 13.8 Å². The van der Waals surface area contributed by atoms with Gasteiger partial charge in [-0.2, -0.15) is 5.10 Å². The molecule has 0 aliphatic carbocycles. The fraction of sp³-hybridized carbons (Fsp3) is 0.250. The van der Waals surface area contributed by atoms with Crippen molar-refractivity contribution in [3.8, 4) is 33.9 Å². The topological polar surface area (TPSA) is 140 Å². The number of likely N-dealkylation sites (N-methyl/N-ethyl adjacent to an activating group) is 1. The molecule has 0 aliphatic heterocycles. The van der Waals surface area contributed by atoms with Gasteiger partial charge in [0.25, 0.3) is 0 Å². The van der Waals surface area contributed by atoms with E-state index in [1.165, 1.54) is 12.1 Å². The zero-order valence-electron chi connectivity index (χ0n) is 24.9. The summed E-state index contributed by atoms with van der Waals surface area (Å²) in [5, 5.41) is 14.5. The Morgan fingerprint density at radius 2 is 1.86 bits per heavy atom. The molecule has 0 atom stereocenters. The Bertz CT molecular complexity index is 1960. The molecule has 0 unspecified atom stereocenters. The number of nitrogens with one attached hydrogen (secondary N) is 4. The van der Waals surface area contributed by atoms with E-state index in [0.29, 0.717) is 58.3 Å². The minimum Gasteiger partial charge on any atom is -0.384 e. The molecule has 224 valence electrons. The van der Waals surface area contributed by atoms with Crippen LogP contribution in [0.4, 0.5) is 15.8 Å². The number of hydrogen-bond donors (Lipinski definition) is 4. The average Bonchev–Trinajstić information content (AvgIpc) is 3.60. The number of aromatic amines is 2. The highest BCUT2D eigenvalue weighted by Gasteiger charge is 2.18. The van der Waals surface area contributed by atoms with Gasteiger partial charge in [0.15, 0.2) is 11.5 Å². The molecule has 11 nitrogen and oxygen atoms in total. The van der Waals surface area contributed by atoms with Crippen LogP contribution in [0, 0.1) is 11.7 Å². The predicted molar refractivity (Wildman–Crippen MR) is 171 cm³/mol. The zero-order chi connectivity index (χ0) is 30.8. The number of carbonyl (C=O) groups excluding carboxylic acids is 1. The van der Waals surface area contributed by atoms with Crippen molar-refractivity contribution in [1.82, 2.24) is 40.0 Å². The SMILES string of the molecule is CC(C)CC(=O)Nc1cncc(-c2cc3c(-c4nc5nccc(-c6cc(F)cc(NCCN(C)C)c6)c5[nH]4)n[nH]c3cn2)c1. The van der Waals surface area contributed by atoms with E-state index in [9.17, 15) is 9.18 Å². The van der Waals surface area contributed by atoms with Gasteiger partial charge >= 0.3 is 0 Å². The van der Waals surface area contributed by atoms with Gasteiger partial charge in [-0.3, -0.25) is 19.9 Å². The molecular weight excluding hydrogens is 559 g/mol. The third kappa shape index (κ3) is 6.25. The van der Waals surface area contributed by atoms with Crippen LogP contribution in [-0.4, -0.2) is 73.1 Å². The maximum atomic E-state index is 14.7. The summed E-state index contributed by atoms with van der Waals surface area (Å²) in [6.07, 6.45) is 7.11. The molecule has 4 N–H and O–H groups in total. The van der Waals surface area contributed by atoms with E-state index >= 15 is 0 Å². The summed E-state index contributed by atoms with van der Waals surface area (Å²) in [5.41, 5.74) is 6.66. The van der Waals surface area contributed by atoms with E-state index in [4.69, 9.17) is 4.98 Å². The molecule has 6 aromatic rings. The van der Waals surface area contributed by atoms with Crippen molar-refractivity contribution in [2.45, 2.75) is 20.3 Å². The summed E-state index contributed by atoms with van der Waals surface area (Å²) in [7, 11) is 3.99. The highest BCUT2D eigenvalue weighted by atomic mass is 19.1.